The Morgan fingerprint density at radius 3 is 2.93 bits per heavy atom. The molecular formula is C12H18N2. The van der Waals surface area contributed by atoms with E-state index in [1.807, 2.05) is 0 Å². The molecule has 0 saturated heterocycles. The summed E-state index contributed by atoms with van der Waals surface area (Å²) in [6, 6.07) is 3.21. The zero-order chi connectivity index (χ0) is 9.60. The number of hydrogen-bond donors (Lipinski definition) is 1. The van der Waals surface area contributed by atoms with E-state index in [1.165, 1.54) is 25.7 Å². The third kappa shape index (κ3) is 1.44. The van der Waals surface area contributed by atoms with Crippen LogP contribution in [0.4, 0.5) is 0 Å². The van der Waals surface area contributed by atoms with Crippen LogP contribution in [0.3, 0.4) is 0 Å². The number of fused-ring (bicyclic) bond motifs is 1. The van der Waals surface area contributed by atoms with Gasteiger partial charge in [-0.15, -0.1) is 0 Å². The molecule has 0 aromatic rings. The summed E-state index contributed by atoms with van der Waals surface area (Å²) < 4.78 is 0. The first-order chi connectivity index (χ1) is 6.83. The van der Waals surface area contributed by atoms with Crippen LogP contribution < -0.4 is 5.32 Å². The Bertz CT molecular complexity index is 275. The molecule has 1 unspecified atom stereocenters. The molecule has 1 N–H and O–H groups in total. The van der Waals surface area contributed by atoms with Crippen LogP contribution in [0.15, 0.2) is 0 Å². The lowest BCUT2D eigenvalue weighted by atomic mass is 9.95. The van der Waals surface area contributed by atoms with Crippen LogP contribution in [-0.4, -0.2) is 12.6 Å². The van der Waals surface area contributed by atoms with Gasteiger partial charge in [-0.3, -0.25) is 0 Å². The summed E-state index contributed by atoms with van der Waals surface area (Å²) in [7, 11) is 0. The molecule has 2 heteroatoms. The van der Waals surface area contributed by atoms with Crippen molar-refractivity contribution in [1.29, 1.82) is 5.26 Å². The fourth-order valence-electron chi connectivity index (χ4n) is 2.97. The Labute approximate surface area is 85.7 Å². The van der Waals surface area contributed by atoms with Gasteiger partial charge in [0.05, 0.1) is 11.5 Å². The van der Waals surface area contributed by atoms with E-state index in [4.69, 9.17) is 5.26 Å². The van der Waals surface area contributed by atoms with Gasteiger partial charge in [-0.05, 0) is 37.5 Å². The Morgan fingerprint density at radius 1 is 1.36 bits per heavy atom. The van der Waals surface area contributed by atoms with Crippen LogP contribution in [0, 0.1) is 28.6 Å². The topological polar surface area (TPSA) is 35.8 Å². The Morgan fingerprint density at radius 2 is 2.21 bits per heavy atom. The molecule has 2 nitrogen and oxygen atoms in total. The quantitative estimate of drug-likeness (QED) is 0.739. The molecule has 0 amide bonds. The summed E-state index contributed by atoms with van der Waals surface area (Å²) in [4.78, 5) is 0. The summed E-state index contributed by atoms with van der Waals surface area (Å²) in [6.45, 7) is 0.956. The zero-order valence-corrected chi connectivity index (χ0v) is 8.63. The normalized spacial score (nSPS) is 42.4. The van der Waals surface area contributed by atoms with Crippen molar-refractivity contribution in [2.75, 3.05) is 6.54 Å². The molecule has 0 aromatic heterocycles. The van der Waals surface area contributed by atoms with E-state index >= 15 is 0 Å². The summed E-state index contributed by atoms with van der Waals surface area (Å²) in [5.41, 5.74) is 0.0435. The van der Waals surface area contributed by atoms with Gasteiger partial charge in [-0.25, -0.2) is 0 Å². The van der Waals surface area contributed by atoms with E-state index < -0.39 is 0 Å². The van der Waals surface area contributed by atoms with Crippen LogP contribution in [0.2, 0.25) is 0 Å². The maximum atomic E-state index is 8.97. The van der Waals surface area contributed by atoms with Crippen molar-refractivity contribution in [2.45, 2.75) is 44.6 Å². The predicted octanol–water partition coefficient (Wildman–Crippen LogP) is 2.07. The zero-order valence-electron chi connectivity index (χ0n) is 8.63. The molecule has 3 aliphatic rings. The van der Waals surface area contributed by atoms with Gasteiger partial charge in [-0.2, -0.15) is 5.26 Å². The van der Waals surface area contributed by atoms with Crippen molar-refractivity contribution in [3.8, 4) is 6.07 Å². The highest BCUT2D eigenvalue weighted by Crippen LogP contribution is 2.50. The lowest BCUT2D eigenvalue weighted by molar-refractivity contribution is 0.340. The van der Waals surface area contributed by atoms with Crippen LogP contribution in [-0.2, 0) is 0 Å². The Hall–Kier alpha value is -0.550. The van der Waals surface area contributed by atoms with E-state index in [-0.39, 0.29) is 5.41 Å². The monoisotopic (exact) mass is 190 g/mol. The predicted molar refractivity (Wildman–Crippen MR) is 54.5 cm³/mol. The number of nitrogens with one attached hydrogen (secondary N) is 1. The Kier molecular flexibility index (Phi) is 1.85. The number of hydrogen-bond acceptors (Lipinski definition) is 2. The molecule has 0 aromatic carbocycles. The van der Waals surface area contributed by atoms with Crippen molar-refractivity contribution < 1.29 is 0 Å². The van der Waals surface area contributed by atoms with Gasteiger partial charge in [0, 0.05) is 12.6 Å². The van der Waals surface area contributed by atoms with Gasteiger partial charge < -0.3 is 5.32 Å². The summed E-state index contributed by atoms with van der Waals surface area (Å²) in [5, 5.41) is 12.6. The van der Waals surface area contributed by atoms with Crippen LogP contribution in [0.1, 0.15) is 38.5 Å². The SMILES string of the molecule is N#CC1(CNC2CCC[C@H]3C[C@@H]23)CC1. The van der Waals surface area contributed by atoms with E-state index in [0.717, 1.165) is 37.3 Å². The van der Waals surface area contributed by atoms with Gasteiger partial charge >= 0.3 is 0 Å². The first-order valence-electron chi connectivity index (χ1n) is 5.98. The highest BCUT2D eigenvalue weighted by Gasteiger charge is 2.47. The van der Waals surface area contributed by atoms with E-state index in [9.17, 15) is 0 Å². The maximum absolute atomic E-state index is 8.97. The first-order valence-corrected chi connectivity index (χ1v) is 5.98. The highest BCUT2D eigenvalue weighted by molar-refractivity contribution is 5.12. The van der Waals surface area contributed by atoms with Crippen LogP contribution in [0.25, 0.3) is 0 Å². The second-order valence-electron chi connectivity index (χ2n) is 5.47. The minimum Gasteiger partial charge on any atom is -0.312 e. The average molecular weight is 190 g/mol. The highest BCUT2D eigenvalue weighted by atomic mass is 15.0. The smallest absolute Gasteiger partial charge is 0.0703 e. The summed E-state index contributed by atoms with van der Waals surface area (Å²) >= 11 is 0. The van der Waals surface area contributed by atoms with Gasteiger partial charge in [0.2, 0.25) is 0 Å². The van der Waals surface area contributed by atoms with Crippen LogP contribution in [0.5, 0.6) is 0 Å². The molecule has 3 aliphatic carbocycles. The summed E-state index contributed by atoms with van der Waals surface area (Å²) in [5.74, 6) is 2.01. The van der Waals surface area contributed by atoms with Crippen LogP contribution >= 0.6 is 0 Å². The van der Waals surface area contributed by atoms with Gasteiger partial charge in [0.1, 0.15) is 0 Å². The van der Waals surface area contributed by atoms with Crippen molar-refractivity contribution in [2.24, 2.45) is 17.3 Å². The molecule has 3 rings (SSSR count). The number of rotatable bonds is 3. The minimum atomic E-state index is 0.0435. The first kappa shape index (κ1) is 8.73. The van der Waals surface area contributed by atoms with Gasteiger partial charge in [0.15, 0.2) is 0 Å². The standard InChI is InChI=1S/C12H18N2/c13-7-12(4-5-12)8-14-11-3-1-2-9-6-10(9)11/h9-11,14H,1-6,8H2/t9-,10+,11?/m0/s1. The molecule has 3 fully saturated rings. The van der Waals surface area contributed by atoms with E-state index in [0.29, 0.717) is 0 Å². The lowest BCUT2D eigenvalue weighted by Crippen LogP contribution is -2.37. The maximum Gasteiger partial charge on any atom is 0.0703 e. The fraction of sp³-hybridized carbons (Fsp3) is 0.917. The molecule has 0 heterocycles. The fourth-order valence-corrected chi connectivity index (χ4v) is 2.97. The molecule has 0 radical (unpaired) electrons. The summed E-state index contributed by atoms with van der Waals surface area (Å²) in [6.07, 6.45) is 7.92. The van der Waals surface area contributed by atoms with Gasteiger partial charge in [0.25, 0.3) is 0 Å². The van der Waals surface area contributed by atoms with Crippen molar-refractivity contribution in [1.82, 2.24) is 5.32 Å². The third-order valence-corrected chi connectivity index (χ3v) is 4.38. The van der Waals surface area contributed by atoms with E-state index in [1.54, 1.807) is 0 Å². The molecule has 3 saturated carbocycles. The number of nitriles is 1. The molecular weight excluding hydrogens is 172 g/mol. The minimum absolute atomic E-state index is 0.0435. The number of nitrogens with zero attached hydrogens (tertiary/aromatic N) is 1. The van der Waals surface area contributed by atoms with Crippen molar-refractivity contribution in [3.05, 3.63) is 0 Å². The molecule has 76 valence electrons. The van der Waals surface area contributed by atoms with E-state index in [2.05, 4.69) is 11.4 Å². The second kappa shape index (κ2) is 2.97. The van der Waals surface area contributed by atoms with Crippen molar-refractivity contribution in [3.63, 3.8) is 0 Å². The second-order valence-corrected chi connectivity index (χ2v) is 5.47. The van der Waals surface area contributed by atoms with Crippen molar-refractivity contribution >= 4 is 0 Å². The largest absolute Gasteiger partial charge is 0.312 e. The molecule has 0 spiro atoms. The molecule has 14 heavy (non-hydrogen) atoms. The Balaban J connectivity index is 1.51. The molecule has 0 aliphatic heterocycles. The lowest BCUT2D eigenvalue weighted by Gasteiger charge is -2.23. The molecule has 3 atom stereocenters. The average Bonchev–Trinajstić information content (AvgIpc) is 3.10. The third-order valence-electron chi connectivity index (χ3n) is 4.38. The van der Waals surface area contributed by atoms with Gasteiger partial charge in [-0.1, -0.05) is 12.8 Å². The molecule has 0 bridgehead atoms.